The molecule has 0 amide bonds. The van der Waals surface area contributed by atoms with E-state index in [1.807, 2.05) is 18.2 Å². The summed E-state index contributed by atoms with van der Waals surface area (Å²) in [7, 11) is 0. The summed E-state index contributed by atoms with van der Waals surface area (Å²) in [6.07, 6.45) is 4.37. The molecule has 17 heavy (non-hydrogen) atoms. The van der Waals surface area contributed by atoms with E-state index in [9.17, 15) is 10.2 Å². The Morgan fingerprint density at radius 2 is 2.06 bits per heavy atom. The number of benzene rings is 1. The zero-order valence-electron chi connectivity index (χ0n) is 9.45. The van der Waals surface area contributed by atoms with Crippen molar-refractivity contribution < 1.29 is 10.2 Å². The number of rotatable bonds is 4. The lowest BCUT2D eigenvalue weighted by Gasteiger charge is -2.10. The predicted molar refractivity (Wildman–Crippen MR) is 65.6 cm³/mol. The van der Waals surface area contributed by atoms with E-state index < -0.39 is 6.10 Å². The molecule has 0 saturated carbocycles. The van der Waals surface area contributed by atoms with Crippen molar-refractivity contribution in [3.8, 4) is 5.75 Å². The second-order valence-electron chi connectivity index (χ2n) is 4.01. The van der Waals surface area contributed by atoms with Gasteiger partial charge in [0.05, 0.1) is 6.10 Å². The summed E-state index contributed by atoms with van der Waals surface area (Å²) < 4.78 is 0. The average Bonchev–Trinajstić information content (AvgIpc) is 2.37. The topological polar surface area (TPSA) is 53.4 Å². The lowest BCUT2D eigenvalue weighted by Crippen LogP contribution is -1.99. The summed E-state index contributed by atoms with van der Waals surface area (Å²) in [4.78, 5) is 4.03. The van der Waals surface area contributed by atoms with Crippen molar-refractivity contribution in [2.45, 2.75) is 18.9 Å². The monoisotopic (exact) mass is 229 g/mol. The molecule has 2 aromatic rings. The highest BCUT2D eigenvalue weighted by atomic mass is 16.3. The van der Waals surface area contributed by atoms with Crippen LogP contribution in [0.2, 0.25) is 0 Å². The summed E-state index contributed by atoms with van der Waals surface area (Å²) in [5.74, 6) is 0.183. The lowest BCUT2D eigenvalue weighted by molar-refractivity contribution is 0.167. The van der Waals surface area contributed by atoms with Crippen LogP contribution in [0.1, 0.15) is 23.7 Å². The molecule has 2 N–H and O–H groups in total. The van der Waals surface area contributed by atoms with Crippen molar-refractivity contribution >= 4 is 0 Å². The van der Waals surface area contributed by atoms with Crippen LogP contribution in [0.25, 0.3) is 0 Å². The predicted octanol–water partition coefficient (Wildman–Crippen LogP) is 2.45. The summed E-state index contributed by atoms with van der Waals surface area (Å²) >= 11 is 0. The fourth-order valence-electron chi connectivity index (χ4n) is 1.75. The van der Waals surface area contributed by atoms with Gasteiger partial charge in [0, 0.05) is 12.4 Å². The Hall–Kier alpha value is -1.87. The van der Waals surface area contributed by atoms with Gasteiger partial charge in [0.25, 0.3) is 0 Å². The quantitative estimate of drug-likeness (QED) is 0.846. The molecule has 0 aliphatic heterocycles. The normalized spacial score (nSPS) is 12.3. The molecule has 3 heteroatoms. The molecule has 1 aromatic carbocycles. The highest BCUT2D eigenvalue weighted by Crippen LogP contribution is 2.22. The zero-order chi connectivity index (χ0) is 12.1. The molecule has 3 nitrogen and oxygen atoms in total. The van der Waals surface area contributed by atoms with Gasteiger partial charge in [-0.2, -0.15) is 0 Å². The van der Waals surface area contributed by atoms with Crippen LogP contribution >= 0.6 is 0 Å². The molecular weight excluding hydrogens is 214 g/mol. The third kappa shape index (κ3) is 3.29. The van der Waals surface area contributed by atoms with Crippen LogP contribution in [0.4, 0.5) is 0 Å². The van der Waals surface area contributed by atoms with Crippen molar-refractivity contribution in [3.05, 3.63) is 59.9 Å². The fraction of sp³-hybridized carbons (Fsp3) is 0.214. The minimum absolute atomic E-state index is 0.183. The number of phenolic OH excluding ortho intramolecular Hbond substituents is 1. The summed E-state index contributed by atoms with van der Waals surface area (Å²) in [5.41, 5.74) is 1.85. The molecule has 1 aromatic heterocycles. The van der Waals surface area contributed by atoms with Crippen molar-refractivity contribution in [2.24, 2.45) is 0 Å². The van der Waals surface area contributed by atoms with E-state index >= 15 is 0 Å². The van der Waals surface area contributed by atoms with Gasteiger partial charge in [0.2, 0.25) is 0 Å². The molecule has 0 aliphatic carbocycles. The van der Waals surface area contributed by atoms with Crippen molar-refractivity contribution in [1.82, 2.24) is 4.98 Å². The SMILES string of the molecule is Oc1cccc(C(O)CCc2cccnc2)c1. The molecule has 0 spiro atoms. The molecule has 0 aliphatic rings. The smallest absolute Gasteiger partial charge is 0.115 e. The van der Waals surface area contributed by atoms with Gasteiger partial charge in [0.1, 0.15) is 5.75 Å². The number of hydrogen-bond donors (Lipinski definition) is 2. The minimum Gasteiger partial charge on any atom is -0.508 e. The maximum Gasteiger partial charge on any atom is 0.115 e. The van der Waals surface area contributed by atoms with E-state index in [1.165, 1.54) is 0 Å². The second-order valence-corrected chi connectivity index (χ2v) is 4.01. The van der Waals surface area contributed by atoms with Crippen molar-refractivity contribution in [1.29, 1.82) is 0 Å². The molecule has 0 bridgehead atoms. The Bertz CT molecular complexity index is 471. The second kappa shape index (κ2) is 5.46. The van der Waals surface area contributed by atoms with Gasteiger partial charge in [-0.1, -0.05) is 18.2 Å². The first-order valence-corrected chi connectivity index (χ1v) is 5.61. The van der Waals surface area contributed by atoms with Crippen molar-refractivity contribution in [3.63, 3.8) is 0 Å². The van der Waals surface area contributed by atoms with Gasteiger partial charge in [-0.05, 0) is 42.2 Å². The van der Waals surface area contributed by atoms with Gasteiger partial charge >= 0.3 is 0 Å². The van der Waals surface area contributed by atoms with Gasteiger partial charge in [0.15, 0.2) is 0 Å². The van der Waals surface area contributed by atoms with E-state index in [0.717, 1.165) is 17.5 Å². The number of aliphatic hydroxyl groups is 1. The van der Waals surface area contributed by atoms with Crippen LogP contribution in [0.15, 0.2) is 48.8 Å². The number of aromatic nitrogens is 1. The van der Waals surface area contributed by atoms with Crippen LogP contribution in [-0.4, -0.2) is 15.2 Å². The molecule has 1 heterocycles. The number of aromatic hydroxyl groups is 1. The molecule has 2 rings (SSSR count). The first kappa shape index (κ1) is 11.6. The molecule has 88 valence electrons. The van der Waals surface area contributed by atoms with Crippen LogP contribution in [0, 0.1) is 0 Å². The van der Waals surface area contributed by atoms with Crippen LogP contribution in [0.3, 0.4) is 0 Å². The molecule has 1 unspecified atom stereocenters. The highest BCUT2D eigenvalue weighted by molar-refractivity contribution is 5.28. The zero-order valence-corrected chi connectivity index (χ0v) is 9.45. The van der Waals surface area contributed by atoms with E-state index in [1.54, 1.807) is 30.6 Å². The van der Waals surface area contributed by atoms with Gasteiger partial charge in [-0.25, -0.2) is 0 Å². The Labute approximate surface area is 100 Å². The number of aryl methyl sites for hydroxylation is 1. The van der Waals surface area contributed by atoms with Gasteiger partial charge in [-0.3, -0.25) is 4.98 Å². The van der Waals surface area contributed by atoms with E-state index in [4.69, 9.17) is 0 Å². The molecule has 0 radical (unpaired) electrons. The number of aliphatic hydroxyl groups excluding tert-OH is 1. The summed E-state index contributed by atoms with van der Waals surface area (Å²) in [6.45, 7) is 0. The fourth-order valence-corrected chi connectivity index (χ4v) is 1.75. The van der Waals surface area contributed by atoms with E-state index in [-0.39, 0.29) is 5.75 Å². The Morgan fingerprint density at radius 3 is 2.76 bits per heavy atom. The van der Waals surface area contributed by atoms with E-state index in [2.05, 4.69) is 4.98 Å². The van der Waals surface area contributed by atoms with Crippen LogP contribution < -0.4 is 0 Å². The van der Waals surface area contributed by atoms with Crippen LogP contribution in [0.5, 0.6) is 5.75 Å². The van der Waals surface area contributed by atoms with Gasteiger partial charge < -0.3 is 10.2 Å². The number of hydrogen-bond acceptors (Lipinski definition) is 3. The standard InChI is InChI=1S/C14H15NO2/c16-13-5-1-4-12(9-13)14(17)7-6-11-3-2-8-15-10-11/h1-5,8-10,14,16-17H,6-7H2. The number of pyridine rings is 1. The number of phenols is 1. The average molecular weight is 229 g/mol. The first-order chi connectivity index (χ1) is 8.25. The van der Waals surface area contributed by atoms with Gasteiger partial charge in [-0.15, -0.1) is 0 Å². The third-order valence-electron chi connectivity index (χ3n) is 2.68. The largest absolute Gasteiger partial charge is 0.508 e. The third-order valence-corrected chi connectivity index (χ3v) is 2.68. The van der Waals surface area contributed by atoms with Crippen LogP contribution in [-0.2, 0) is 6.42 Å². The lowest BCUT2D eigenvalue weighted by atomic mass is 10.0. The summed E-state index contributed by atoms with van der Waals surface area (Å²) in [6, 6.07) is 10.6. The summed E-state index contributed by atoms with van der Waals surface area (Å²) in [5, 5.41) is 19.3. The Kier molecular flexibility index (Phi) is 3.73. The van der Waals surface area contributed by atoms with Crippen molar-refractivity contribution in [2.75, 3.05) is 0 Å². The molecule has 1 atom stereocenters. The number of nitrogens with zero attached hydrogens (tertiary/aromatic N) is 1. The van der Waals surface area contributed by atoms with E-state index in [0.29, 0.717) is 6.42 Å². The minimum atomic E-state index is -0.553. The Balaban J connectivity index is 1.96. The molecular formula is C14H15NO2. The Morgan fingerprint density at radius 1 is 1.18 bits per heavy atom. The maximum absolute atomic E-state index is 9.97. The molecule has 0 saturated heterocycles. The highest BCUT2D eigenvalue weighted by Gasteiger charge is 2.08. The maximum atomic E-state index is 9.97. The molecule has 0 fully saturated rings. The first-order valence-electron chi connectivity index (χ1n) is 5.61.